The number of aromatic nitrogens is 1. The fourth-order valence-corrected chi connectivity index (χ4v) is 4.86. The van der Waals surface area contributed by atoms with Gasteiger partial charge in [-0.2, -0.15) is 0 Å². The van der Waals surface area contributed by atoms with E-state index in [0.717, 1.165) is 21.6 Å². The molecule has 2 amide bonds. The summed E-state index contributed by atoms with van der Waals surface area (Å²) in [4.78, 5) is 31.6. The number of anilines is 1. The molecule has 8 heteroatoms. The molecule has 2 N–H and O–H groups in total. The average Bonchev–Trinajstić information content (AvgIpc) is 3.20. The van der Waals surface area contributed by atoms with Crippen LogP contribution in [-0.4, -0.2) is 41.3 Å². The maximum atomic E-state index is 12.5. The Hall–Kier alpha value is -3.78. The molecule has 0 bridgehead atoms. The van der Waals surface area contributed by atoms with Crippen LogP contribution in [0.4, 0.5) is 9.80 Å². The third kappa shape index (κ3) is 5.72. The second kappa shape index (κ2) is 10.7. The topological polar surface area (TPSA) is 95.4 Å². The van der Waals surface area contributed by atoms with E-state index in [9.17, 15) is 9.59 Å². The molecule has 0 aliphatic carbocycles. The first kappa shape index (κ1) is 22.4. The highest BCUT2D eigenvalue weighted by Gasteiger charge is 2.27. The summed E-state index contributed by atoms with van der Waals surface area (Å²) in [7, 11) is 0. The first-order valence-electron chi connectivity index (χ1n) is 10.6. The molecule has 4 rings (SSSR count). The van der Waals surface area contributed by atoms with Gasteiger partial charge in [-0.05, 0) is 41.3 Å². The summed E-state index contributed by atoms with van der Waals surface area (Å²) in [6.45, 7) is 1.22. The Morgan fingerprint density at radius 1 is 1.18 bits per heavy atom. The van der Waals surface area contributed by atoms with Crippen molar-refractivity contribution in [3.05, 3.63) is 88.1 Å². The summed E-state index contributed by atoms with van der Waals surface area (Å²) in [5.41, 5.74) is 3.72. The lowest BCUT2D eigenvalue weighted by Gasteiger charge is -2.26. The van der Waals surface area contributed by atoms with Crippen LogP contribution in [0.2, 0.25) is 0 Å². The Morgan fingerprint density at radius 2 is 1.97 bits per heavy atom. The van der Waals surface area contributed by atoms with Crippen LogP contribution in [-0.2, 0) is 28.9 Å². The molecular weight excluding hydrogens is 436 g/mol. The van der Waals surface area contributed by atoms with Crippen LogP contribution in [0.1, 0.15) is 27.1 Å². The lowest BCUT2D eigenvalue weighted by atomic mass is 10.0. The Labute approximate surface area is 196 Å². The van der Waals surface area contributed by atoms with E-state index >= 15 is 0 Å². The SMILES string of the molecule is N=Cc1c(NC(=O)/C=C/c2ccccc2)sc2c1CCN(C(=O)OCCc1ccncc1)C2. The minimum atomic E-state index is -0.351. The number of ether oxygens (including phenoxy) is 1. The van der Waals surface area contributed by atoms with Crippen LogP contribution >= 0.6 is 11.3 Å². The minimum Gasteiger partial charge on any atom is -0.449 e. The number of rotatable bonds is 7. The second-order valence-electron chi connectivity index (χ2n) is 7.52. The number of pyridine rings is 1. The highest BCUT2D eigenvalue weighted by molar-refractivity contribution is 7.17. The van der Waals surface area contributed by atoms with Gasteiger partial charge < -0.3 is 20.4 Å². The summed E-state index contributed by atoms with van der Waals surface area (Å²) in [6, 6.07) is 13.4. The number of amides is 2. The quantitative estimate of drug-likeness (QED) is 0.400. The van der Waals surface area contributed by atoms with Gasteiger partial charge in [0.05, 0.1) is 13.2 Å². The molecule has 1 aromatic carbocycles. The molecule has 0 radical (unpaired) electrons. The number of fused-ring (bicyclic) bond motifs is 1. The van der Waals surface area contributed by atoms with Crippen molar-refractivity contribution in [2.45, 2.75) is 19.4 Å². The number of benzene rings is 1. The molecule has 0 saturated carbocycles. The Balaban J connectivity index is 1.36. The lowest BCUT2D eigenvalue weighted by Crippen LogP contribution is -2.36. The van der Waals surface area contributed by atoms with Crippen LogP contribution in [0.5, 0.6) is 0 Å². The Kier molecular flexibility index (Phi) is 7.26. The Morgan fingerprint density at radius 3 is 2.73 bits per heavy atom. The maximum absolute atomic E-state index is 12.5. The zero-order valence-electron chi connectivity index (χ0n) is 18.0. The van der Waals surface area contributed by atoms with Crippen LogP contribution < -0.4 is 5.32 Å². The van der Waals surface area contributed by atoms with Gasteiger partial charge in [-0.25, -0.2) is 4.79 Å². The molecule has 0 unspecified atom stereocenters. The number of carbonyl (C=O) groups excluding carboxylic acids is 2. The van der Waals surface area contributed by atoms with Crippen LogP contribution in [0.3, 0.4) is 0 Å². The van der Waals surface area contributed by atoms with E-state index in [1.54, 1.807) is 23.4 Å². The molecule has 3 heterocycles. The molecule has 3 aromatic rings. The summed E-state index contributed by atoms with van der Waals surface area (Å²) in [5, 5.41) is 11.3. The molecule has 0 saturated heterocycles. The monoisotopic (exact) mass is 460 g/mol. The first-order valence-corrected chi connectivity index (χ1v) is 11.5. The van der Waals surface area contributed by atoms with Gasteiger partial charge in [-0.3, -0.25) is 9.78 Å². The molecule has 2 aromatic heterocycles. The van der Waals surface area contributed by atoms with Crippen LogP contribution in [0.15, 0.2) is 60.9 Å². The largest absolute Gasteiger partial charge is 0.449 e. The zero-order valence-corrected chi connectivity index (χ0v) is 18.8. The van der Waals surface area contributed by atoms with Gasteiger partial charge in [-0.15, -0.1) is 11.3 Å². The van der Waals surface area contributed by atoms with E-state index < -0.39 is 0 Å². The molecular formula is C25H24N4O3S. The van der Waals surface area contributed by atoms with Crippen molar-refractivity contribution < 1.29 is 14.3 Å². The lowest BCUT2D eigenvalue weighted by molar-refractivity contribution is -0.111. The molecule has 7 nitrogen and oxygen atoms in total. The fourth-order valence-electron chi connectivity index (χ4n) is 3.62. The highest BCUT2D eigenvalue weighted by Crippen LogP contribution is 2.36. The van der Waals surface area contributed by atoms with Gasteiger partial charge in [0, 0.05) is 48.1 Å². The van der Waals surface area contributed by atoms with Crippen LogP contribution in [0, 0.1) is 5.41 Å². The predicted octanol–water partition coefficient (Wildman–Crippen LogP) is 4.53. The first-order chi connectivity index (χ1) is 16.1. The smallest absolute Gasteiger partial charge is 0.410 e. The third-order valence-electron chi connectivity index (χ3n) is 5.33. The van der Waals surface area contributed by atoms with E-state index in [2.05, 4.69) is 10.3 Å². The standard InChI is InChI=1S/C25H24N4O3S/c26-16-21-20-10-14-29(25(31)32-15-11-19-8-12-27-13-9-19)17-22(20)33-24(21)28-23(30)7-6-18-4-2-1-3-5-18/h1-9,12-13,16,26H,10-11,14-15,17H2,(H,28,30)/b7-6+,26-16?. The van der Waals surface area contributed by atoms with Crippen molar-refractivity contribution in [2.75, 3.05) is 18.5 Å². The van der Waals surface area contributed by atoms with E-state index in [1.807, 2.05) is 42.5 Å². The van der Waals surface area contributed by atoms with E-state index in [1.165, 1.54) is 23.6 Å². The maximum Gasteiger partial charge on any atom is 0.410 e. The van der Waals surface area contributed by atoms with Gasteiger partial charge in [0.25, 0.3) is 0 Å². The number of nitrogens with one attached hydrogen (secondary N) is 2. The van der Waals surface area contributed by atoms with Crippen molar-refractivity contribution in [1.29, 1.82) is 5.41 Å². The predicted molar refractivity (Wildman–Crippen MR) is 130 cm³/mol. The summed E-state index contributed by atoms with van der Waals surface area (Å²) >= 11 is 1.40. The van der Waals surface area contributed by atoms with Crippen molar-refractivity contribution in [1.82, 2.24) is 9.88 Å². The van der Waals surface area contributed by atoms with Crippen molar-refractivity contribution >= 4 is 40.6 Å². The minimum absolute atomic E-state index is 0.257. The van der Waals surface area contributed by atoms with Gasteiger partial charge in [-0.1, -0.05) is 30.3 Å². The van der Waals surface area contributed by atoms with Crippen molar-refractivity contribution in [3.63, 3.8) is 0 Å². The van der Waals surface area contributed by atoms with E-state index in [-0.39, 0.29) is 12.0 Å². The number of nitrogens with zero attached hydrogens (tertiary/aromatic N) is 2. The zero-order chi connectivity index (χ0) is 23.0. The van der Waals surface area contributed by atoms with Gasteiger partial charge in [0.15, 0.2) is 0 Å². The summed E-state index contributed by atoms with van der Waals surface area (Å²) < 4.78 is 5.45. The molecule has 1 aliphatic heterocycles. The molecule has 1 aliphatic rings. The third-order valence-corrected chi connectivity index (χ3v) is 6.48. The van der Waals surface area contributed by atoms with Crippen molar-refractivity contribution in [3.8, 4) is 0 Å². The molecule has 0 fully saturated rings. The number of thiophene rings is 1. The van der Waals surface area contributed by atoms with E-state index in [0.29, 0.717) is 43.1 Å². The van der Waals surface area contributed by atoms with Gasteiger partial charge in [0.2, 0.25) is 5.91 Å². The number of carbonyl (C=O) groups is 2. The average molecular weight is 461 g/mol. The summed E-state index contributed by atoms with van der Waals surface area (Å²) in [6.07, 6.45) is 8.84. The highest BCUT2D eigenvalue weighted by atomic mass is 32.1. The second-order valence-corrected chi connectivity index (χ2v) is 8.62. The van der Waals surface area contributed by atoms with E-state index in [4.69, 9.17) is 10.1 Å². The summed E-state index contributed by atoms with van der Waals surface area (Å²) in [5.74, 6) is -0.257. The van der Waals surface area contributed by atoms with Crippen LogP contribution in [0.25, 0.3) is 6.08 Å². The molecule has 0 atom stereocenters. The fraction of sp³-hybridized carbons (Fsp3) is 0.200. The Bertz CT molecular complexity index is 1160. The molecule has 0 spiro atoms. The van der Waals surface area contributed by atoms with Crippen molar-refractivity contribution in [2.24, 2.45) is 0 Å². The van der Waals surface area contributed by atoms with Gasteiger partial charge in [0.1, 0.15) is 5.00 Å². The molecule has 168 valence electrons. The molecule has 33 heavy (non-hydrogen) atoms. The van der Waals surface area contributed by atoms with Gasteiger partial charge >= 0.3 is 6.09 Å². The number of hydrogen-bond acceptors (Lipinski definition) is 6. The number of hydrogen-bond donors (Lipinski definition) is 2. The normalized spacial score (nSPS) is 12.9.